The van der Waals surface area contributed by atoms with E-state index in [1.54, 1.807) is 32.5 Å². The smallest absolute Gasteiger partial charge is 0.265 e. The normalized spacial score (nSPS) is 10.2. The number of carbonyl (C=O) groups excluding carboxylic acids is 1. The van der Waals surface area contributed by atoms with Crippen molar-refractivity contribution in [2.75, 3.05) is 25.7 Å². The highest BCUT2D eigenvalue weighted by Gasteiger charge is 2.17. The molecule has 22 heavy (non-hydrogen) atoms. The van der Waals surface area contributed by atoms with Crippen LogP contribution >= 0.6 is 0 Å². The van der Waals surface area contributed by atoms with E-state index in [0.29, 0.717) is 11.6 Å². The number of nitrogens with zero attached hydrogens (tertiary/aromatic N) is 2. The lowest BCUT2D eigenvalue weighted by Gasteiger charge is -2.19. The molecule has 0 radical (unpaired) electrons. The molecule has 116 valence electrons. The highest BCUT2D eigenvalue weighted by molar-refractivity contribution is 5.94. The van der Waals surface area contributed by atoms with E-state index in [-0.39, 0.29) is 12.5 Å². The average Bonchev–Trinajstić information content (AvgIpc) is 2.54. The van der Waals surface area contributed by atoms with Gasteiger partial charge in [0.1, 0.15) is 5.75 Å². The van der Waals surface area contributed by atoms with Crippen LogP contribution in [0.5, 0.6) is 11.5 Å². The molecular weight excluding hydrogens is 280 g/mol. The Morgan fingerprint density at radius 3 is 2.73 bits per heavy atom. The number of carbonyl (C=O) groups is 1. The quantitative estimate of drug-likeness (QED) is 0.852. The molecule has 2 aromatic rings. The Labute approximate surface area is 130 Å². The van der Waals surface area contributed by atoms with Gasteiger partial charge in [-0.3, -0.25) is 9.69 Å². The summed E-state index contributed by atoms with van der Waals surface area (Å²) in [4.78, 5) is 17.9. The number of aromatic nitrogens is 1. The molecule has 1 aromatic carbocycles. The standard InChI is InChI=1S/C17H20N2O3/c1-12-7-8-13(2)15(10-12)22-11-16(20)19(3)17-14(21-4)6-5-9-18-17/h5-10H,11H2,1-4H3. The van der Waals surface area contributed by atoms with Crippen molar-refractivity contribution < 1.29 is 14.3 Å². The molecule has 1 aromatic heterocycles. The zero-order valence-corrected chi connectivity index (χ0v) is 13.3. The van der Waals surface area contributed by atoms with E-state index in [1.807, 2.05) is 32.0 Å². The van der Waals surface area contributed by atoms with Crippen molar-refractivity contribution in [3.63, 3.8) is 0 Å². The number of anilines is 1. The first kappa shape index (κ1) is 15.8. The van der Waals surface area contributed by atoms with E-state index in [9.17, 15) is 4.79 Å². The molecule has 1 heterocycles. The lowest BCUT2D eigenvalue weighted by Crippen LogP contribution is -2.32. The van der Waals surface area contributed by atoms with Gasteiger partial charge in [0, 0.05) is 13.2 Å². The van der Waals surface area contributed by atoms with Crippen molar-refractivity contribution in [1.29, 1.82) is 0 Å². The fourth-order valence-corrected chi connectivity index (χ4v) is 2.01. The maximum atomic E-state index is 12.3. The average molecular weight is 300 g/mol. The van der Waals surface area contributed by atoms with Crippen molar-refractivity contribution in [3.05, 3.63) is 47.7 Å². The van der Waals surface area contributed by atoms with Crippen LogP contribution in [0.25, 0.3) is 0 Å². The predicted molar refractivity (Wildman–Crippen MR) is 85.6 cm³/mol. The van der Waals surface area contributed by atoms with Crippen LogP contribution in [-0.4, -0.2) is 31.7 Å². The first-order chi connectivity index (χ1) is 10.5. The summed E-state index contributed by atoms with van der Waals surface area (Å²) in [5.74, 6) is 1.54. The molecule has 1 amide bonds. The van der Waals surface area contributed by atoms with E-state index < -0.39 is 0 Å². The highest BCUT2D eigenvalue weighted by atomic mass is 16.5. The Hall–Kier alpha value is -2.56. The maximum absolute atomic E-state index is 12.3. The van der Waals surface area contributed by atoms with Gasteiger partial charge in [-0.15, -0.1) is 0 Å². The minimum absolute atomic E-state index is 0.0550. The van der Waals surface area contributed by atoms with Gasteiger partial charge in [0.15, 0.2) is 18.2 Å². The Kier molecular flexibility index (Phi) is 4.99. The van der Waals surface area contributed by atoms with Crippen molar-refractivity contribution >= 4 is 11.7 Å². The molecule has 0 saturated heterocycles. The topological polar surface area (TPSA) is 51.7 Å². The van der Waals surface area contributed by atoms with E-state index in [0.717, 1.165) is 16.9 Å². The summed E-state index contributed by atoms with van der Waals surface area (Å²) in [5, 5.41) is 0. The number of pyridine rings is 1. The Morgan fingerprint density at radius 1 is 1.23 bits per heavy atom. The minimum Gasteiger partial charge on any atom is -0.493 e. The zero-order chi connectivity index (χ0) is 16.1. The maximum Gasteiger partial charge on any atom is 0.265 e. The molecule has 0 bridgehead atoms. The summed E-state index contributed by atoms with van der Waals surface area (Å²) in [6.45, 7) is 3.88. The summed E-state index contributed by atoms with van der Waals surface area (Å²) >= 11 is 0. The number of ether oxygens (including phenoxy) is 2. The molecular formula is C17H20N2O3. The van der Waals surface area contributed by atoms with Crippen molar-refractivity contribution in [2.45, 2.75) is 13.8 Å². The lowest BCUT2D eigenvalue weighted by atomic mass is 10.1. The van der Waals surface area contributed by atoms with Gasteiger partial charge in [-0.1, -0.05) is 12.1 Å². The summed E-state index contributed by atoms with van der Waals surface area (Å²) in [6.07, 6.45) is 1.62. The second kappa shape index (κ2) is 6.93. The van der Waals surface area contributed by atoms with Crippen LogP contribution in [0.15, 0.2) is 36.5 Å². The second-order valence-electron chi connectivity index (χ2n) is 5.04. The fraction of sp³-hybridized carbons (Fsp3) is 0.294. The third-order valence-electron chi connectivity index (χ3n) is 3.36. The molecule has 0 fully saturated rings. The monoisotopic (exact) mass is 300 g/mol. The molecule has 0 unspecified atom stereocenters. The van der Waals surface area contributed by atoms with Gasteiger partial charge in [-0.05, 0) is 43.2 Å². The first-order valence-corrected chi connectivity index (χ1v) is 6.98. The Balaban J connectivity index is 2.07. The summed E-state index contributed by atoms with van der Waals surface area (Å²) in [5.41, 5.74) is 2.09. The molecule has 0 aliphatic heterocycles. The van der Waals surface area contributed by atoms with Crippen molar-refractivity contribution in [2.24, 2.45) is 0 Å². The molecule has 0 aliphatic rings. The largest absolute Gasteiger partial charge is 0.493 e. The van der Waals surface area contributed by atoms with Crippen LogP contribution in [0.2, 0.25) is 0 Å². The molecule has 0 saturated carbocycles. The first-order valence-electron chi connectivity index (χ1n) is 6.98. The van der Waals surface area contributed by atoms with E-state index >= 15 is 0 Å². The van der Waals surface area contributed by atoms with Gasteiger partial charge in [0.25, 0.3) is 5.91 Å². The molecule has 0 spiro atoms. The van der Waals surface area contributed by atoms with E-state index in [2.05, 4.69) is 4.98 Å². The summed E-state index contributed by atoms with van der Waals surface area (Å²) < 4.78 is 10.9. The van der Waals surface area contributed by atoms with Gasteiger partial charge in [-0.2, -0.15) is 0 Å². The fourth-order valence-electron chi connectivity index (χ4n) is 2.01. The van der Waals surface area contributed by atoms with E-state index in [4.69, 9.17) is 9.47 Å². The third-order valence-corrected chi connectivity index (χ3v) is 3.36. The van der Waals surface area contributed by atoms with Crippen molar-refractivity contribution in [1.82, 2.24) is 4.98 Å². The van der Waals surface area contributed by atoms with Crippen LogP contribution in [0, 0.1) is 13.8 Å². The van der Waals surface area contributed by atoms with Crippen LogP contribution in [0.3, 0.4) is 0 Å². The summed E-state index contributed by atoms with van der Waals surface area (Å²) in [7, 11) is 3.20. The number of amides is 1. The highest BCUT2D eigenvalue weighted by Crippen LogP contribution is 2.24. The Bertz CT molecular complexity index is 671. The lowest BCUT2D eigenvalue weighted by molar-refractivity contribution is -0.120. The van der Waals surface area contributed by atoms with Gasteiger partial charge < -0.3 is 9.47 Å². The Morgan fingerprint density at radius 2 is 2.00 bits per heavy atom. The summed E-state index contributed by atoms with van der Waals surface area (Å²) in [6, 6.07) is 9.42. The molecule has 0 aliphatic carbocycles. The third kappa shape index (κ3) is 3.55. The van der Waals surface area contributed by atoms with Gasteiger partial charge in [0.05, 0.1) is 7.11 Å². The van der Waals surface area contributed by atoms with Crippen LogP contribution in [-0.2, 0) is 4.79 Å². The van der Waals surface area contributed by atoms with Gasteiger partial charge >= 0.3 is 0 Å². The molecule has 5 nitrogen and oxygen atoms in total. The zero-order valence-electron chi connectivity index (χ0n) is 13.3. The number of methoxy groups -OCH3 is 1. The van der Waals surface area contributed by atoms with Crippen LogP contribution in [0.1, 0.15) is 11.1 Å². The van der Waals surface area contributed by atoms with Crippen molar-refractivity contribution in [3.8, 4) is 11.5 Å². The molecule has 0 atom stereocenters. The number of hydrogen-bond donors (Lipinski definition) is 0. The number of likely N-dealkylation sites (N-methyl/N-ethyl adjacent to an activating group) is 1. The predicted octanol–water partition coefficient (Wildman–Crippen LogP) is 2.75. The second-order valence-corrected chi connectivity index (χ2v) is 5.04. The van der Waals surface area contributed by atoms with Gasteiger partial charge in [0.2, 0.25) is 0 Å². The SMILES string of the molecule is COc1cccnc1N(C)C(=O)COc1cc(C)ccc1C. The molecule has 5 heteroatoms. The van der Waals surface area contributed by atoms with Crippen LogP contribution in [0.4, 0.5) is 5.82 Å². The molecule has 0 N–H and O–H groups in total. The molecule has 2 rings (SSSR count). The number of hydrogen-bond acceptors (Lipinski definition) is 4. The minimum atomic E-state index is -0.196. The van der Waals surface area contributed by atoms with Crippen LogP contribution < -0.4 is 14.4 Å². The van der Waals surface area contributed by atoms with Gasteiger partial charge in [-0.25, -0.2) is 4.98 Å². The number of rotatable bonds is 5. The van der Waals surface area contributed by atoms with E-state index in [1.165, 1.54) is 4.90 Å². The number of benzene rings is 1. The number of aryl methyl sites for hydroxylation is 2.